The highest BCUT2D eigenvalue weighted by Crippen LogP contribution is 2.45. The molecule has 0 saturated carbocycles. The van der Waals surface area contributed by atoms with Crippen molar-refractivity contribution in [2.75, 3.05) is 6.61 Å². The van der Waals surface area contributed by atoms with Gasteiger partial charge in [-0.2, -0.15) is 0 Å². The van der Waals surface area contributed by atoms with Gasteiger partial charge in [-0.3, -0.25) is 4.79 Å². The Morgan fingerprint density at radius 1 is 1.00 bits per heavy atom. The maximum Gasteiger partial charge on any atom is 0.339 e. The number of carbonyl (C=O) groups excluding carboxylic acids is 2. The molecule has 5 nitrogen and oxygen atoms in total. The Hall–Kier alpha value is -3.96. The molecule has 41 heavy (non-hydrogen) atoms. The van der Waals surface area contributed by atoms with Crippen molar-refractivity contribution in [2.45, 2.75) is 46.6 Å². The van der Waals surface area contributed by atoms with Gasteiger partial charge in [-0.05, 0) is 77.6 Å². The average molecular weight is 567 g/mol. The maximum absolute atomic E-state index is 13.8. The van der Waals surface area contributed by atoms with Gasteiger partial charge in [0.15, 0.2) is 6.61 Å². The van der Waals surface area contributed by atoms with Crippen LogP contribution in [-0.4, -0.2) is 23.5 Å². The van der Waals surface area contributed by atoms with Gasteiger partial charge in [0.25, 0.3) is 5.91 Å². The minimum absolute atomic E-state index is 0.00292. The molecule has 3 aromatic carbocycles. The van der Waals surface area contributed by atoms with E-state index in [0.717, 1.165) is 45.3 Å². The number of carbonyl (C=O) groups is 2. The van der Waals surface area contributed by atoms with Crippen molar-refractivity contribution < 1.29 is 14.3 Å². The summed E-state index contributed by atoms with van der Waals surface area (Å²) in [5, 5.41) is 4.33. The van der Waals surface area contributed by atoms with Crippen LogP contribution in [0, 0.1) is 11.3 Å². The van der Waals surface area contributed by atoms with E-state index in [1.165, 1.54) is 0 Å². The van der Waals surface area contributed by atoms with Crippen LogP contribution >= 0.6 is 11.6 Å². The lowest BCUT2D eigenvalue weighted by atomic mass is 9.69. The minimum Gasteiger partial charge on any atom is -0.452 e. The third kappa shape index (κ3) is 6.52. The number of rotatable bonds is 6. The Morgan fingerprint density at radius 3 is 2.39 bits per heavy atom. The molecule has 210 valence electrons. The summed E-state index contributed by atoms with van der Waals surface area (Å²) in [6, 6.07) is 24.8. The number of benzene rings is 3. The molecule has 1 aliphatic rings. The Bertz CT molecular complexity index is 1600. The number of aromatic nitrogens is 1. The fourth-order valence-electron chi connectivity index (χ4n) is 5.44. The molecule has 0 spiro atoms. The quantitative estimate of drug-likeness (QED) is 0.240. The van der Waals surface area contributed by atoms with Crippen LogP contribution in [0.4, 0.5) is 0 Å². The normalized spacial score (nSPS) is 16.7. The van der Waals surface area contributed by atoms with E-state index in [9.17, 15) is 9.59 Å². The molecule has 2 atom stereocenters. The number of pyridine rings is 1. The van der Waals surface area contributed by atoms with Crippen LogP contribution in [0.2, 0.25) is 5.02 Å². The number of ether oxygens (including phenoxy) is 1. The second-order valence-corrected chi connectivity index (χ2v) is 12.2. The second kappa shape index (κ2) is 11.9. The largest absolute Gasteiger partial charge is 0.452 e. The molecule has 0 radical (unpaired) electrons. The number of halogens is 1. The number of amides is 1. The summed E-state index contributed by atoms with van der Waals surface area (Å²) in [5.74, 6) is -0.585. The first kappa shape index (κ1) is 28.6. The van der Waals surface area contributed by atoms with Gasteiger partial charge < -0.3 is 10.1 Å². The highest BCUT2D eigenvalue weighted by Gasteiger charge is 2.35. The number of hydrogen-bond acceptors (Lipinski definition) is 4. The van der Waals surface area contributed by atoms with Crippen LogP contribution in [0.1, 0.15) is 72.9 Å². The summed E-state index contributed by atoms with van der Waals surface area (Å²) < 4.78 is 5.68. The van der Waals surface area contributed by atoms with Gasteiger partial charge in [-0.15, -0.1) is 0 Å². The van der Waals surface area contributed by atoms with Crippen molar-refractivity contribution >= 4 is 46.0 Å². The molecule has 6 heteroatoms. The smallest absolute Gasteiger partial charge is 0.339 e. The molecular weight excluding hydrogens is 532 g/mol. The number of para-hydroxylation sites is 1. The third-order valence-corrected chi connectivity index (χ3v) is 8.12. The van der Waals surface area contributed by atoms with E-state index in [1.54, 1.807) is 0 Å². The summed E-state index contributed by atoms with van der Waals surface area (Å²) in [6.07, 6.45) is 3.66. The molecule has 0 unspecified atom stereocenters. The van der Waals surface area contributed by atoms with Gasteiger partial charge >= 0.3 is 5.97 Å². The summed E-state index contributed by atoms with van der Waals surface area (Å²) in [5.41, 5.74) is 5.97. The molecule has 0 bridgehead atoms. The van der Waals surface area contributed by atoms with Crippen molar-refractivity contribution in [1.82, 2.24) is 10.3 Å². The van der Waals surface area contributed by atoms with Crippen molar-refractivity contribution in [3.05, 3.63) is 112 Å². The first-order valence-corrected chi connectivity index (χ1v) is 14.4. The van der Waals surface area contributed by atoms with Crippen molar-refractivity contribution in [3.63, 3.8) is 0 Å². The zero-order chi connectivity index (χ0) is 29.1. The van der Waals surface area contributed by atoms with Crippen molar-refractivity contribution in [1.29, 1.82) is 0 Å². The van der Waals surface area contributed by atoms with Gasteiger partial charge in [-0.25, -0.2) is 9.78 Å². The van der Waals surface area contributed by atoms with Crippen LogP contribution in [-0.2, 0) is 16.0 Å². The summed E-state index contributed by atoms with van der Waals surface area (Å²) in [6.45, 7) is 8.23. The lowest BCUT2D eigenvalue weighted by Crippen LogP contribution is -2.32. The van der Waals surface area contributed by atoms with Gasteiger partial charge in [0.1, 0.15) is 0 Å². The lowest BCUT2D eigenvalue weighted by Gasteiger charge is -2.36. The van der Waals surface area contributed by atoms with Gasteiger partial charge in [0.05, 0.1) is 22.8 Å². The Kier molecular flexibility index (Phi) is 8.27. The summed E-state index contributed by atoms with van der Waals surface area (Å²) >= 11 is 6.14. The summed E-state index contributed by atoms with van der Waals surface area (Å²) in [4.78, 5) is 31.6. The van der Waals surface area contributed by atoms with Crippen LogP contribution < -0.4 is 5.32 Å². The minimum atomic E-state index is -0.511. The SMILES string of the molecule is C[C@H](NC(=O)COC(=O)c1c2c(nc3ccccc13)/C(=C\c1ccc(Cl)cc1)C[C@@H](C(C)(C)C)C2)c1ccccc1. The van der Waals surface area contributed by atoms with E-state index in [-0.39, 0.29) is 29.9 Å². The predicted octanol–water partition coefficient (Wildman–Crippen LogP) is 8.07. The van der Waals surface area contributed by atoms with Gasteiger partial charge in [-0.1, -0.05) is 93.0 Å². The number of hydrogen-bond donors (Lipinski definition) is 1. The van der Waals surface area contributed by atoms with E-state index in [2.05, 4.69) is 32.2 Å². The van der Waals surface area contributed by atoms with E-state index in [0.29, 0.717) is 17.0 Å². The van der Waals surface area contributed by atoms with E-state index < -0.39 is 5.97 Å². The Morgan fingerprint density at radius 2 is 1.68 bits per heavy atom. The molecule has 0 fully saturated rings. The van der Waals surface area contributed by atoms with Crippen LogP contribution in [0.15, 0.2) is 78.9 Å². The van der Waals surface area contributed by atoms with E-state index in [4.69, 9.17) is 21.3 Å². The number of nitrogens with one attached hydrogen (secondary N) is 1. The molecular formula is C35H35ClN2O3. The molecule has 1 N–H and O–H groups in total. The maximum atomic E-state index is 13.8. The number of allylic oxidation sites excluding steroid dienone is 1. The molecule has 1 aliphatic carbocycles. The third-order valence-electron chi connectivity index (χ3n) is 7.87. The monoisotopic (exact) mass is 566 g/mol. The second-order valence-electron chi connectivity index (χ2n) is 11.8. The molecule has 5 rings (SSSR count). The van der Waals surface area contributed by atoms with Gasteiger partial charge in [0.2, 0.25) is 0 Å². The lowest BCUT2D eigenvalue weighted by molar-refractivity contribution is -0.124. The highest BCUT2D eigenvalue weighted by molar-refractivity contribution is 6.30. The zero-order valence-electron chi connectivity index (χ0n) is 23.9. The summed E-state index contributed by atoms with van der Waals surface area (Å²) in [7, 11) is 0. The van der Waals surface area contributed by atoms with Crippen LogP contribution in [0.25, 0.3) is 22.6 Å². The predicted molar refractivity (Wildman–Crippen MR) is 166 cm³/mol. The molecule has 1 aromatic heterocycles. The topological polar surface area (TPSA) is 68.3 Å². The number of nitrogens with zero attached hydrogens (tertiary/aromatic N) is 1. The fraction of sp³-hybridized carbons (Fsp3) is 0.286. The van der Waals surface area contributed by atoms with Crippen LogP contribution in [0.3, 0.4) is 0 Å². The van der Waals surface area contributed by atoms with E-state index >= 15 is 0 Å². The Labute approximate surface area is 246 Å². The van der Waals surface area contributed by atoms with Crippen molar-refractivity contribution in [3.8, 4) is 0 Å². The highest BCUT2D eigenvalue weighted by atomic mass is 35.5. The molecule has 1 amide bonds. The molecule has 0 saturated heterocycles. The number of fused-ring (bicyclic) bond motifs is 2. The van der Waals surface area contributed by atoms with Crippen molar-refractivity contribution in [2.24, 2.45) is 11.3 Å². The van der Waals surface area contributed by atoms with E-state index in [1.807, 2.05) is 85.8 Å². The molecule has 1 heterocycles. The molecule has 4 aromatic rings. The fourth-order valence-corrected chi connectivity index (χ4v) is 5.57. The average Bonchev–Trinajstić information content (AvgIpc) is 2.96. The Balaban J connectivity index is 1.51. The molecule has 0 aliphatic heterocycles. The first-order valence-electron chi connectivity index (χ1n) is 14.0. The van der Waals surface area contributed by atoms with Crippen LogP contribution in [0.5, 0.6) is 0 Å². The first-order chi connectivity index (χ1) is 19.6. The standard InChI is InChI=1S/C35H35ClN2O3/c1-22(24-10-6-5-7-11-24)37-31(39)21-41-34(40)32-28-12-8-9-13-30(28)38-33-25(18-23-14-16-27(36)17-15-23)19-26(20-29(32)33)35(2,3)4/h5-18,22,26H,19-21H2,1-4H3,(H,37,39)/b25-18-/t22-,26+/m0/s1. The zero-order valence-corrected chi connectivity index (χ0v) is 24.7. The van der Waals surface area contributed by atoms with Gasteiger partial charge in [0, 0.05) is 10.4 Å². The number of esters is 1.